The number of aryl methyl sites for hydroxylation is 1. The van der Waals surface area contributed by atoms with Gasteiger partial charge in [0.05, 0.1) is 18.7 Å². The number of guanidine groups is 1. The van der Waals surface area contributed by atoms with Gasteiger partial charge in [0.25, 0.3) is 0 Å². The summed E-state index contributed by atoms with van der Waals surface area (Å²) >= 11 is 6.13. The molecular formula is C22H31ClN4O2. The van der Waals surface area contributed by atoms with Gasteiger partial charge in [-0.25, -0.2) is 0 Å². The van der Waals surface area contributed by atoms with E-state index in [1.807, 2.05) is 50.1 Å². The molecule has 0 bridgehead atoms. The lowest BCUT2D eigenvalue weighted by Crippen LogP contribution is -2.48. The van der Waals surface area contributed by atoms with Crippen molar-refractivity contribution in [1.82, 2.24) is 14.8 Å². The number of hydrogen-bond acceptors (Lipinski definition) is 3. The van der Waals surface area contributed by atoms with Gasteiger partial charge in [-0.3, -0.25) is 4.99 Å². The van der Waals surface area contributed by atoms with E-state index >= 15 is 0 Å². The van der Waals surface area contributed by atoms with E-state index in [1.54, 1.807) is 7.11 Å². The lowest BCUT2D eigenvalue weighted by molar-refractivity contribution is 0.0512. The lowest BCUT2D eigenvalue weighted by atomic mass is 9.74. The van der Waals surface area contributed by atoms with Crippen LogP contribution >= 0.6 is 11.6 Å². The molecule has 0 aliphatic carbocycles. The molecule has 0 atom stereocenters. The number of aromatic nitrogens is 1. The molecule has 6 nitrogen and oxygen atoms in total. The largest absolute Gasteiger partial charge is 0.497 e. The molecule has 1 fully saturated rings. The minimum absolute atomic E-state index is 0.00951. The number of benzene rings is 1. The Hall–Kier alpha value is -2.18. The summed E-state index contributed by atoms with van der Waals surface area (Å²) in [6.45, 7) is 3.06. The Bertz CT molecular complexity index is 826. The average molecular weight is 419 g/mol. The molecule has 0 spiro atoms. The van der Waals surface area contributed by atoms with Crippen molar-refractivity contribution in [2.75, 3.05) is 41.0 Å². The fraction of sp³-hybridized carbons (Fsp3) is 0.500. The van der Waals surface area contributed by atoms with E-state index in [-0.39, 0.29) is 5.41 Å². The molecule has 0 saturated carbocycles. The third kappa shape index (κ3) is 5.06. The maximum Gasteiger partial charge on any atom is 0.193 e. The fourth-order valence-corrected chi connectivity index (χ4v) is 4.22. The Morgan fingerprint density at radius 3 is 2.55 bits per heavy atom. The van der Waals surface area contributed by atoms with E-state index in [2.05, 4.69) is 27.3 Å². The van der Waals surface area contributed by atoms with Crippen LogP contribution in [-0.4, -0.2) is 56.4 Å². The third-order valence-corrected chi connectivity index (χ3v) is 5.99. The van der Waals surface area contributed by atoms with Crippen molar-refractivity contribution in [3.63, 3.8) is 0 Å². The van der Waals surface area contributed by atoms with Gasteiger partial charge in [-0.2, -0.15) is 0 Å². The molecule has 2 heterocycles. The van der Waals surface area contributed by atoms with Gasteiger partial charge in [-0.1, -0.05) is 23.7 Å². The van der Waals surface area contributed by atoms with Crippen LogP contribution in [0.4, 0.5) is 0 Å². The van der Waals surface area contributed by atoms with Crippen LogP contribution < -0.4 is 10.1 Å². The van der Waals surface area contributed by atoms with Crippen LogP contribution in [0, 0.1) is 0 Å². The van der Waals surface area contributed by atoms with Crippen molar-refractivity contribution >= 4 is 17.6 Å². The first-order chi connectivity index (χ1) is 14.0. The monoisotopic (exact) mass is 418 g/mol. The van der Waals surface area contributed by atoms with Gasteiger partial charge in [0, 0.05) is 58.2 Å². The number of aliphatic imine (C=N–C) groups is 1. The molecule has 1 aromatic carbocycles. The van der Waals surface area contributed by atoms with E-state index in [0.717, 1.165) is 61.6 Å². The highest BCUT2D eigenvalue weighted by atomic mass is 35.5. The second kappa shape index (κ2) is 9.55. The van der Waals surface area contributed by atoms with Gasteiger partial charge in [-0.15, -0.1) is 0 Å². The summed E-state index contributed by atoms with van der Waals surface area (Å²) in [5, 5.41) is 4.35. The minimum Gasteiger partial charge on any atom is -0.497 e. The van der Waals surface area contributed by atoms with Crippen LogP contribution in [0.25, 0.3) is 0 Å². The van der Waals surface area contributed by atoms with E-state index in [9.17, 15) is 0 Å². The van der Waals surface area contributed by atoms with E-state index < -0.39 is 0 Å². The number of halogens is 1. The summed E-state index contributed by atoms with van der Waals surface area (Å²) in [5.41, 5.74) is 2.45. The summed E-state index contributed by atoms with van der Waals surface area (Å²) in [4.78, 5) is 6.61. The minimum atomic E-state index is 0.00951. The Morgan fingerprint density at radius 2 is 2.00 bits per heavy atom. The SMILES string of the molecule is CN=C(NCC1(c2ccc(OC)cc2)CCOCC1)N(C)Cc1cc(Cl)cn1C. The summed E-state index contributed by atoms with van der Waals surface area (Å²) in [6, 6.07) is 10.4. The van der Waals surface area contributed by atoms with Crippen LogP contribution in [0.3, 0.4) is 0 Å². The Labute approximate surface area is 178 Å². The van der Waals surface area contributed by atoms with Crippen molar-refractivity contribution in [2.45, 2.75) is 24.8 Å². The van der Waals surface area contributed by atoms with Gasteiger partial charge >= 0.3 is 0 Å². The van der Waals surface area contributed by atoms with Crippen LogP contribution in [0.15, 0.2) is 41.5 Å². The highest BCUT2D eigenvalue weighted by molar-refractivity contribution is 6.30. The van der Waals surface area contributed by atoms with Gasteiger partial charge in [0.15, 0.2) is 5.96 Å². The smallest absolute Gasteiger partial charge is 0.193 e. The molecule has 1 aliphatic heterocycles. The first-order valence-electron chi connectivity index (χ1n) is 9.92. The van der Waals surface area contributed by atoms with Crippen molar-refractivity contribution in [1.29, 1.82) is 0 Å². The number of methoxy groups -OCH3 is 1. The van der Waals surface area contributed by atoms with Gasteiger partial charge in [0.1, 0.15) is 5.75 Å². The van der Waals surface area contributed by atoms with Crippen molar-refractivity contribution in [3.05, 3.63) is 52.8 Å². The molecule has 1 aromatic heterocycles. The zero-order valence-corrected chi connectivity index (χ0v) is 18.5. The fourth-order valence-electron chi connectivity index (χ4n) is 3.95. The molecule has 1 saturated heterocycles. The Kier molecular flexibility index (Phi) is 7.09. The number of hydrogen-bond donors (Lipinski definition) is 1. The molecule has 0 amide bonds. The lowest BCUT2D eigenvalue weighted by Gasteiger charge is -2.39. The summed E-state index contributed by atoms with van der Waals surface area (Å²) in [7, 11) is 7.56. The van der Waals surface area contributed by atoms with Gasteiger partial charge < -0.3 is 24.3 Å². The number of ether oxygens (including phenoxy) is 2. The number of nitrogens with zero attached hydrogens (tertiary/aromatic N) is 3. The molecule has 29 heavy (non-hydrogen) atoms. The number of rotatable bonds is 6. The maximum atomic E-state index is 6.13. The van der Waals surface area contributed by atoms with Crippen molar-refractivity contribution in [3.8, 4) is 5.75 Å². The highest BCUT2D eigenvalue weighted by Crippen LogP contribution is 2.35. The van der Waals surface area contributed by atoms with Crippen LogP contribution in [0.2, 0.25) is 5.02 Å². The summed E-state index contributed by atoms with van der Waals surface area (Å²) in [5.74, 6) is 1.74. The molecule has 3 rings (SSSR count). The second-order valence-electron chi connectivity index (χ2n) is 7.64. The highest BCUT2D eigenvalue weighted by Gasteiger charge is 2.35. The molecule has 2 aromatic rings. The molecule has 0 unspecified atom stereocenters. The second-order valence-corrected chi connectivity index (χ2v) is 8.08. The predicted octanol–water partition coefficient (Wildman–Crippen LogP) is 3.44. The Balaban J connectivity index is 1.72. The summed E-state index contributed by atoms with van der Waals surface area (Å²) in [6.07, 6.45) is 3.86. The number of nitrogens with one attached hydrogen (secondary N) is 1. The van der Waals surface area contributed by atoms with Crippen LogP contribution in [0.1, 0.15) is 24.1 Å². The van der Waals surface area contributed by atoms with Gasteiger partial charge in [0.2, 0.25) is 0 Å². The molecule has 1 N–H and O–H groups in total. The average Bonchev–Trinajstić information content (AvgIpc) is 3.05. The van der Waals surface area contributed by atoms with E-state index in [0.29, 0.717) is 0 Å². The third-order valence-electron chi connectivity index (χ3n) is 5.78. The van der Waals surface area contributed by atoms with E-state index in [4.69, 9.17) is 21.1 Å². The summed E-state index contributed by atoms with van der Waals surface area (Å²) < 4.78 is 13.0. The topological polar surface area (TPSA) is 51.0 Å². The molecule has 158 valence electrons. The maximum absolute atomic E-state index is 6.13. The Morgan fingerprint density at radius 1 is 1.31 bits per heavy atom. The molecule has 1 aliphatic rings. The van der Waals surface area contributed by atoms with Crippen molar-refractivity contribution in [2.24, 2.45) is 12.0 Å². The molecule has 0 radical (unpaired) electrons. The zero-order valence-electron chi connectivity index (χ0n) is 17.7. The standard InChI is InChI=1S/C22H31ClN4O2/c1-24-21(27(3)15-19-13-18(23)14-26(19)2)25-16-22(9-11-29-12-10-22)17-5-7-20(28-4)8-6-17/h5-8,13-14H,9-12,15-16H2,1-4H3,(H,24,25). The van der Waals surface area contributed by atoms with Crippen molar-refractivity contribution < 1.29 is 9.47 Å². The quantitative estimate of drug-likeness (QED) is 0.576. The van der Waals surface area contributed by atoms with Gasteiger partial charge in [-0.05, 0) is 36.6 Å². The first-order valence-corrected chi connectivity index (χ1v) is 10.3. The van der Waals surface area contributed by atoms with Crippen LogP contribution in [0.5, 0.6) is 5.75 Å². The van der Waals surface area contributed by atoms with Crippen LogP contribution in [-0.2, 0) is 23.7 Å². The normalized spacial score (nSPS) is 16.5. The predicted molar refractivity (Wildman–Crippen MR) is 118 cm³/mol. The zero-order chi connectivity index (χ0) is 20.9. The van der Waals surface area contributed by atoms with E-state index in [1.165, 1.54) is 5.56 Å². The first kappa shape index (κ1) is 21.5. The molecular weight excluding hydrogens is 388 g/mol. The molecule has 7 heteroatoms.